The minimum Gasteiger partial charge on any atom is -0.459 e. The van der Waals surface area contributed by atoms with Gasteiger partial charge in [-0.25, -0.2) is 4.79 Å². The fraction of sp³-hybridized carbons (Fsp3) is 0.812. The summed E-state index contributed by atoms with van der Waals surface area (Å²) in [5.74, 6) is 0.0875. The second-order valence-corrected chi connectivity index (χ2v) is 6.28. The van der Waals surface area contributed by atoms with E-state index in [1.165, 1.54) is 6.08 Å². The topological polar surface area (TPSA) is 38.3 Å². The van der Waals surface area contributed by atoms with Crippen LogP contribution in [0.5, 0.6) is 0 Å². The highest BCUT2D eigenvalue weighted by Crippen LogP contribution is 2.38. The maximum atomic E-state index is 11.7. The van der Waals surface area contributed by atoms with E-state index < -0.39 is 0 Å². The lowest BCUT2D eigenvalue weighted by atomic mass is 9.70. The summed E-state index contributed by atoms with van der Waals surface area (Å²) in [4.78, 5) is 11.7. The molecule has 110 valence electrons. The van der Waals surface area contributed by atoms with Gasteiger partial charge in [-0.15, -0.1) is 0 Å². The van der Waals surface area contributed by atoms with Crippen LogP contribution in [0.1, 0.15) is 60.8 Å². The van der Waals surface area contributed by atoms with E-state index in [-0.39, 0.29) is 23.2 Å². The van der Waals surface area contributed by atoms with Crippen molar-refractivity contribution in [2.75, 3.05) is 0 Å². The van der Waals surface area contributed by atoms with E-state index in [2.05, 4.69) is 39.9 Å². The second-order valence-electron chi connectivity index (χ2n) is 6.28. The summed E-state index contributed by atoms with van der Waals surface area (Å²) >= 11 is 0. The van der Waals surface area contributed by atoms with Crippen LogP contribution in [0, 0.1) is 5.92 Å². The summed E-state index contributed by atoms with van der Waals surface area (Å²) < 4.78 is 5.67. The van der Waals surface area contributed by atoms with Crippen molar-refractivity contribution in [2.24, 2.45) is 5.92 Å². The number of nitrogens with one attached hydrogen (secondary N) is 1. The molecular formula is C16H29NO2. The number of carbonyl (C=O) groups excluding carboxylic acids is 1. The number of piperidine rings is 1. The van der Waals surface area contributed by atoms with Gasteiger partial charge in [-0.05, 0) is 33.6 Å². The van der Waals surface area contributed by atoms with Crippen molar-refractivity contribution in [2.45, 2.75) is 78.0 Å². The first kappa shape index (κ1) is 16.2. The molecule has 0 aromatic carbocycles. The Morgan fingerprint density at radius 2 is 2.00 bits per heavy atom. The zero-order valence-corrected chi connectivity index (χ0v) is 13.2. The number of hydrogen-bond acceptors (Lipinski definition) is 3. The summed E-state index contributed by atoms with van der Waals surface area (Å²) in [7, 11) is 0. The highest BCUT2D eigenvalue weighted by Gasteiger charge is 2.47. The first-order chi connectivity index (χ1) is 8.80. The summed E-state index contributed by atoms with van der Waals surface area (Å²) in [6, 6.07) is 0. The Hall–Kier alpha value is -0.830. The number of carbonyl (C=O) groups is 1. The number of ether oxygens (including phenoxy) is 1. The molecule has 1 aliphatic heterocycles. The van der Waals surface area contributed by atoms with E-state index in [1.807, 2.05) is 6.92 Å². The largest absolute Gasteiger partial charge is 0.459 e. The molecule has 0 aromatic heterocycles. The molecule has 19 heavy (non-hydrogen) atoms. The summed E-state index contributed by atoms with van der Waals surface area (Å²) in [5.41, 5.74) is 0.0576. The van der Waals surface area contributed by atoms with Crippen LogP contribution in [0.15, 0.2) is 12.2 Å². The maximum absolute atomic E-state index is 11.7. The number of rotatable bonds is 4. The van der Waals surface area contributed by atoms with Gasteiger partial charge in [0.1, 0.15) is 6.10 Å². The Labute approximate surface area is 117 Å². The van der Waals surface area contributed by atoms with Crippen molar-refractivity contribution < 1.29 is 9.53 Å². The zero-order valence-electron chi connectivity index (χ0n) is 13.2. The van der Waals surface area contributed by atoms with Gasteiger partial charge in [0.2, 0.25) is 0 Å². The van der Waals surface area contributed by atoms with Gasteiger partial charge in [0.25, 0.3) is 0 Å². The molecule has 1 saturated heterocycles. The Morgan fingerprint density at radius 3 is 2.47 bits per heavy atom. The maximum Gasteiger partial charge on any atom is 0.330 e. The van der Waals surface area contributed by atoms with Crippen LogP contribution in [0.2, 0.25) is 0 Å². The average Bonchev–Trinajstić information content (AvgIpc) is 2.36. The minimum atomic E-state index is -0.224. The Kier molecular flexibility index (Phi) is 5.19. The molecule has 4 unspecified atom stereocenters. The minimum absolute atomic E-state index is 0.0140. The third-order valence-corrected chi connectivity index (χ3v) is 4.89. The van der Waals surface area contributed by atoms with E-state index in [9.17, 15) is 4.79 Å². The Balaban J connectivity index is 2.92. The normalized spacial score (nSPS) is 39.5. The van der Waals surface area contributed by atoms with Crippen LogP contribution >= 0.6 is 0 Å². The van der Waals surface area contributed by atoms with Crippen LogP contribution in [-0.2, 0) is 9.53 Å². The first-order valence-corrected chi connectivity index (χ1v) is 7.43. The molecule has 0 aromatic rings. The van der Waals surface area contributed by atoms with Crippen molar-refractivity contribution >= 4 is 5.97 Å². The molecule has 0 radical (unpaired) electrons. The van der Waals surface area contributed by atoms with Gasteiger partial charge in [0, 0.05) is 29.5 Å². The Bertz CT molecular complexity index is 353. The third-order valence-electron chi connectivity index (χ3n) is 4.89. The van der Waals surface area contributed by atoms with Gasteiger partial charge in [-0.1, -0.05) is 26.8 Å². The first-order valence-electron chi connectivity index (χ1n) is 7.43. The summed E-state index contributed by atoms with van der Waals surface area (Å²) in [6.07, 6.45) is 6.16. The van der Waals surface area contributed by atoms with Crippen molar-refractivity contribution in [1.29, 1.82) is 0 Å². The number of hydrogen-bond donors (Lipinski definition) is 1. The highest BCUT2D eigenvalue weighted by molar-refractivity contribution is 5.82. The lowest BCUT2D eigenvalue weighted by molar-refractivity contribution is -0.152. The molecule has 0 spiro atoms. The van der Waals surface area contributed by atoms with E-state index in [1.54, 1.807) is 6.08 Å². The molecule has 1 rings (SSSR count). The zero-order chi connectivity index (χ0) is 14.7. The van der Waals surface area contributed by atoms with Crippen molar-refractivity contribution in [3.05, 3.63) is 12.2 Å². The summed E-state index contributed by atoms with van der Waals surface area (Å²) in [5, 5.41) is 3.78. The predicted molar refractivity (Wildman–Crippen MR) is 79.0 cm³/mol. The van der Waals surface area contributed by atoms with Gasteiger partial charge in [0.15, 0.2) is 0 Å². The van der Waals surface area contributed by atoms with Crippen molar-refractivity contribution in [3.63, 3.8) is 0 Å². The third kappa shape index (κ3) is 3.59. The van der Waals surface area contributed by atoms with Crippen LogP contribution in [-0.4, -0.2) is 23.2 Å². The van der Waals surface area contributed by atoms with Gasteiger partial charge < -0.3 is 10.1 Å². The molecule has 0 aliphatic carbocycles. The van der Waals surface area contributed by atoms with Crippen molar-refractivity contribution in [3.8, 4) is 0 Å². The molecule has 4 atom stereocenters. The SMILES string of the molecule is CC=CC(=O)OC1CC(C)(CC)NC(C)(CC)C1C. The van der Waals surface area contributed by atoms with Gasteiger partial charge in [-0.3, -0.25) is 0 Å². The average molecular weight is 267 g/mol. The van der Waals surface area contributed by atoms with Crippen LogP contribution < -0.4 is 5.32 Å². The fourth-order valence-electron chi connectivity index (χ4n) is 3.00. The van der Waals surface area contributed by atoms with Crippen LogP contribution in [0.25, 0.3) is 0 Å². The molecule has 1 fully saturated rings. The molecular weight excluding hydrogens is 238 g/mol. The molecule has 1 heterocycles. The van der Waals surface area contributed by atoms with E-state index in [0.29, 0.717) is 5.92 Å². The standard InChI is InChI=1S/C16H29NO2/c1-7-10-14(18)19-13-11-15(5,8-2)17-16(6,9-3)12(13)4/h7,10,12-13,17H,8-9,11H2,1-6H3. The second kappa shape index (κ2) is 6.08. The summed E-state index contributed by atoms with van der Waals surface area (Å²) in [6.45, 7) is 12.9. The van der Waals surface area contributed by atoms with Crippen LogP contribution in [0.3, 0.4) is 0 Å². The van der Waals surface area contributed by atoms with Gasteiger partial charge in [-0.2, -0.15) is 0 Å². The monoisotopic (exact) mass is 267 g/mol. The lowest BCUT2D eigenvalue weighted by Gasteiger charge is -2.52. The lowest BCUT2D eigenvalue weighted by Crippen LogP contribution is -2.66. The van der Waals surface area contributed by atoms with E-state index in [4.69, 9.17) is 4.74 Å². The quantitative estimate of drug-likeness (QED) is 0.626. The number of esters is 1. The highest BCUT2D eigenvalue weighted by atomic mass is 16.5. The Morgan fingerprint density at radius 1 is 1.37 bits per heavy atom. The molecule has 1 aliphatic rings. The number of allylic oxidation sites excluding steroid dienone is 1. The molecule has 1 N–H and O–H groups in total. The van der Waals surface area contributed by atoms with Gasteiger partial charge >= 0.3 is 5.97 Å². The predicted octanol–water partition coefficient (Wildman–Crippen LogP) is 3.44. The molecule has 0 bridgehead atoms. The molecule has 3 heteroatoms. The molecule has 0 amide bonds. The van der Waals surface area contributed by atoms with Gasteiger partial charge in [0.05, 0.1) is 0 Å². The van der Waals surface area contributed by atoms with Crippen molar-refractivity contribution in [1.82, 2.24) is 5.32 Å². The van der Waals surface area contributed by atoms with Crippen LogP contribution in [0.4, 0.5) is 0 Å². The smallest absolute Gasteiger partial charge is 0.330 e. The van der Waals surface area contributed by atoms with E-state index in [0.717, 1.165) is 19.3 Å². The molecule has 3 nitrogen and oxygen atoms in total. The van der Waals surface area contributed by atoms with E-state index >= 15 is 0 Å². The molecule has 0 saturated carbocycles. The fourth-order valence-corrected chi connectivity index (χ4v) is 3.00.